The number of sulfonamides is 1. The third-order valence-electron chi connectivity index (χ3n) is 7.43. The molecule has 0 atom stereocenters. The molecule has 1 N–H and O–H groups in total. The zero-order chi connectivity index (χ0) is 23.6. The van der Waals surface area contributed by atoms with Gasteiger partial charge in [-0.25, -0.2) is 13.4 Å². The molecule has 0 aromatic carbocycles. The van der Waals surface area contributed by atoms with Crippen molar-refractivity contribution in [3.05, 3.63) is 48.1 Å². The van der Waals surface area contributed by atoms with Crippen molar-refractivity contribution >= 4 is 10.0 Å². The summed E-state index contributed by atoms with van der Waals surface area (Å²) in [6.45, 7) is 16.9. The SMILES string of the molecule is C=C/C(=C\C1=C(C)C(C)(C)CN(S(=O)(=O)c2cnc[nH]2)C1)N1CCC(N2CCOCC2)CC1. The summed E-state index contributed by atoms with van der Waals surface area (Å²) >= 11 is 0. The Labute approximate surface area is 198 Å². The molecule has 182 valence electrons. The van der Waals surface area contributed by atoms with Crippen molar-refractivity contribution in [2.45, 2.75) is 44.7 Å². The lowest BCUT2D eigenvalue weighted by Crippen LogP contribution is -2.48. The second kappa shape index (κ2) is 9.74. The van der Waals surface area contributed by atoms with E-state index in [1.54, 1.807) is 4.31 Å². The number of likely N-dealkylation sites (tertiary alicyclic amines) is 1. The molecule has 0 amide bonds. The van der Waals surface area contributed by atoms with Gasteiger partial charge in [0.05, 0.1) is 25.7 Å². The number of allylic oxidation sites excluding steroid dienone is 1. The van der Waals surface area contributed by atoms with E-state index >= 15 is 0 Å². The molecule has 4 heterocycles. The molecule has 3 aliphatic rings. The first-order chi connectivity index (χ1) is 15.7. The minimum absolute atomic E-state index is 0.135. The Morgan fingerprint density at radius 2 is 1.94 bits per heavy atom. The van der Waals surface area contributed by atoms with Crippen LogP contribution in [0.5, 0.6) is 0 Å². The van der Waals surface area contributed by atoms with Gasteiger partial charge in [-0.15, -0.1) is 0 Å². The Hall–Kier alpha value is -1.94. The van der Waals surface area contributed by atoms with Crippen molar-refractivity contribution in [1.82, 2.24) is 24.1 Å². The normalized spacial score (nSPS) is 24.3. The van der Waals surface area contributed by atoms with Crippen LogP contribution in [-0.4, -0.2) is 91.0 Å². The summed E-state index contributed by atoms with van der Waals surface area (Å²) < 4.78 is 33.5. The van der Waals surface area contributed by atoms with Crippen LogP contribution >= 0.6 is 0 Å². The molecule has 8 nitrogen and oxygen atoms in total. The highest BCUT2D eigenvalue weighted by atomic mass is 32.2. The van der Waals surface area contributed by atoms with E-state index < -0.39 is 10.0 Å². The third-order valence-corrected chi connectivity index (χ3v) is 9.15. The fraction of sp³-hybridized carbons (Fsp3) is 0.625. The number of aromatic nitrogens is 2. The minimum Gasteiger partial charge on any atom is -0.379 e. The Bertz CT molecular complexity index is 999. The number of nitrogens with zero attached hydrogens (tertiary/aromatic N) is 4. The second-order valence-corrected chi connectivity index (χ2v) is 11.8. The summed E-state index contributed by atoms with van der Waals surface area (Å²) in [5.41, 5.74) is 3.06. The summed E-state index contributed by atoms with van der Waals surface area (Å²) in [4.78, 5) is 11.6. The number of morpholine rings is 1. The van der Waals surface area contributed by atoms with Crippen LogP contribution in [-0.2, 0) is 14.8 Å². The molecule has 3 aliphatic heterocycles. The highest BCUT2D eigenvalue weighted by Crippen LogP contribution is 2.37. The maximum Gasteiger partial charge on any atom is 0.260 e. The highest BCUT2D eigenvalue weighted by molar-refractivity contribution is 7.89. The number of hydrogen-bond acceptors (Lipinski definition) is 6. The van der Waals surface area contributed by atoms with Gasteiger partial charge in [-0.1, -0.05) is 26.0 Å². The molecule has 0 unspecified atom stereocenters. The number of nitrogens with one attached hydrogen (secondary N) is 1. The van der Waals surface area contributed by atoms with Gasteiger partial charge >= 0.3 is 0 Å². The quantitative estimate of drug-likeness (QED) is 0.637. The number of imidazole rings is 1. The minimum atomic E-state index is -3.64. The lowest BCUT2D eigenvalue weighted by atomic mass is 9.79. The van der Waals surface area contributed by atoms with Gasteiger partial charge in [0.15, 0.2) is 5.03 Å². The van der Waals surface area contributed by atoms with Gasteiger partial charge in [-0.3, -0.25) is 4.90 Å². The topological polar surface area (TPSA) is 81.8 Å². The maximum atomic E-state index is 13.2. The summed E-state index contributed by atoms with van der Waals surface area (Å²) in [6, 6.07) is 0.612. The van der Waals surface area contributed by atoms with Crippen LogP contribution in [0.1, 0.15) is 33.6 Å². The number of rotatable bonds is 6. The van der Waals surface area contributed by atoms with Gasteiger partial charge in [0, 0.05) is 51.0 Å². The highest BCUT2D eigenvalue weighted by Gasteiger charge is 2.38. The molecule has 33 heavy (non-hydrogen) atoms. The van der Waals surface area contributed by atoms with Crippen molar-refractivity contribution in [2.75, 3.05) is 52.5 Å². The Kier molecular flexibility index (Phi) is 7.14. The van der Waals surface area contributed by atoms with Gasteiger partial charge in [0.2, 0.25) is 0 Å². The standard InChI is InChI=1S/C24H37N5O3S/c1-5-21(27-8-6-22(7-9-27)28-10-12-32-13-11-28)14-20-16-29(17-24(3,4)19(20)2)33(30,31)23-15-25-18-26-23/h5,14-15,18,22H,1,6-13,16-17H2,2-4H3,(H,25,26)/b21-14+. The van der Waals surface area contributed by atoms with Crippen LogP contribution in [0, 0.1) is 5.41 Å². The molecule has 1 aromatic rings. The third kappa shape index (κ3) is 5.11. The van der Waals surface area contributed by atoms with E-state index in [0.717, 1.165) is 63.5 Å². The van der Waals surface area contributed by atoms with Crippen molar-refractivity contribution < 1.29 is 13.2 Å². The van der Waals surface area contributed by atoms with Crippen molar-refractivity contribution in [2.24, 2.45) is 5.41 Å². The number of H-pyrrole nitrogens is 1. The summed E-state index contributed by atoms with van der Waals surface area (Å²) in [5.74, 6) is 0. The van der Waals surface area contributed by atoms with Crippen LogP contribution in [0.25, 0.3) is 0 Å². The molecular formula is C24H37N5O3S. The van der Waals surface area contributed by atoms with Crippen LogP contribution < -0.4 is 0 Å². The van der Waals surface area contributed by atoms with E-state index in [-0.39, 0.29) is 10.4 Å². The van der Waals surface area contributed by atoms with Crippen LogP contribution in [0.4, 0.5) is 0 Å². The molecule has 1 aromatic heterocycles. The molecule has 0 saturated carbocycles. The first kappa shape index (κ1) is 24.2. The number of aromatic amines is 1. The first-order valence-electron chi connectivity index (χ1n) is 11.8. The first-order valence-corrected chi connectivity index (χ1v) is 13.3. The van der Waals surface area contributed by atoms with E-state index in [1.165, 1.54) is 18.1 Å². The largest absolute Gasteiger partial charge is 0.379 e. The smallest absolute Gasteiger partial charge is 0.260 e. The molecule has 0 aliphatic carbocycles. The van der Waals surface area contributed by atoms with Crippen LogP contribution in [0.3, 0.4) is 0 Å². The summed E-state index contributed by atoms with van der Waals surface area (Å²) in [6.07, 6.45) is 9.07. The van der Waals surface area contributed by atoms with Gasteiger partial charge in [0.1, 0.15) is 0 Å². The fourth-order valence-corrected chi connectivity index (χ4v) is 6.57. The molecule has 2 fully saturated rings. The average Bonchev–Trinajstić information content (AvgIpc) is 3.36. The molecule has 9 heteroatoms. The van der Waals surface area contributed by atoms with Gasteiger partial charge < -0.3 is 14.6 Å². The predicted molar refractivity (Wildman–Crippen MR) is 129 cm³/mol. The van der Waals surface area contributed by atoms with Gasteiger partial charge in [-0.2, -0.15) is 4.31 Å². The van der Waals surface area contributed by atoms with Crippen LogP contribution in [0.2, 0.25) is 0 Å². The Morgan fingerprint density at radius 3 is 2.55 bits per heavy atom. The molecule has 0 radical (unpaired) electrons. The Morgan fingerprint density at radius 1 is 1.24 bits per heavy atom. The monoisotopic (exact) mass is 475 g/mol. The van der Waals surface area contributed by atoms with E-state index in [1.807, 2.05) is 6.08 Å². The van der Waals surface area contributed by atoms with Gasteiger partial charge in [-0.05, 0) is 42.9 Å². The number of piperidine rings is 1. The van der Waals surface area contributed by atoms with E-state index in [0.29, 0.717) is 19.1 Å². The van der Waals surface area contributed by atoms with Crippen molar-refractivity contribution in [3.8, 4) is 0 Å². The van der Waals surface area contributed by atoms with E-state index in [9.17, 15) is 8.42 Å². The fourth-order valence-electron chi connectivity index (χ4n) is 5.10. The number of ether oxygens (including phenoxy) is 1. The second-order valence-electron chi connectivity index (χ2n) is 9.86. The zero-order valence-corrected chi connectivity index (χ0v) is 20.9. The zero-order valence-electron chi connectivity index (χ0n) is 20.1. The molecule has 0 spiro atoms. The molecular weight excluding hydrogens is 438 g/mol. The maximum absolute atomic E-state index is 13.2. The lowest BCUT2D eigenvalue weighted by Gasteiger charge is -2.42. The molecule has 0 bridgehead atoms. The number of hydrogen-bond donors (Lipinski definition) is 1. The predicted octanol–water partition coefficient (Wildman–Crippen LogP) is 2.62. The molecule has 2 saturated heterocycles. The summed E-state index contributed by atoms with van der Waals surface area (Å²) in [7, 11) is -3.64. The van der Waals surface area contributed by atoms with Gasteiger partial charge in [0.25, 0.3) is 10.0 Å². The van der Waals surface area contributed by atoms with Crippen molar-refractivity contribution in [1.29, 1.82) is 0 Å². The van der Waals surface area contributed by atoms with Crippen LogP contribution in [0.15, 0.2) is 53.1 Å². The summed E-state index contributed by atoms with van der Waals surface area (Å²) in [5, 5.41) is 0.135. The van der Waals surface area contributed by atoms with E-state index in [4.69, 9.17) is 4.74 Å². The average molecular weight is 476 g/mol. The lowest BCUT2D eigenvalue weighted by molar-refractivity contribution is 0.00367. The van der Waals surface area contributed by atoms with E-state index in [2.05, 4.69) is 53.2 Å². The molecule has 4 rings (SSSR count). The van der Waals surface area contributed by atoms with Crippen molar-refractivity contribution in [3.63, 3.8) is 0 Å². The Balaban J connectivity index is 1.52.